The van der Waals surface area contributed by atoms with Gasteiger partial charge in [0, 0.05) is 25.9 Å². The van der Waals surface area contributed by atoms with Crippen LogP contribution in [0.3, 0.4) is 0 Å². The number of thiazole rings is 1. The molecule has 1 amide bonds. The molecule has 1 saturated heterocycles. The van der Waals surface area contributed by atoms with E-state index in [1.807, 2.05) is 18.7 Å². The van der Waals surface area contributed by atoms with Crippen molar-refractivity contribution < 1.29 is 19.4 Å². The van der Waals surface area contributed by atoms with Gasteiger partial charge in [0.1, 0.15) is 4.88 Å². The molecule has 0 saturated carbocycles. The zero-order valence-electron chi connectivity index (χ0n) is 17.1. The number of carbonyl (C=O) groups excluding carboxylic acids is 1. The van der Waals surface area contributed by atoms with Gasteiger partial charge in [0.2, 0.25) is 0 Å². The van der Waals surface area contributed by atoms with Crippen molar-refractivity contribution in [3.05, 3.63) is 27.8 Å². The summed E-state index contributed by atoms with van der Waals surface area (Å²) in [7, 11) is 1.61. The highest BCUT2D eigenvalue weighted by molar-refractivity contribution is 7.17. The molecule has 0 aromatic carbocycles. The highest BCUT2D eigenvalue weighted by Crippen LogP contribution is 2.29. The SMILES string of the molecule is CCc1nc(C(=O)NC2CCN(c3nc(C)c(C(=O)O)s3)CC2OC)[nH]c1CC. The molecule has 2 unspecified atom stereocenters. The Morgan fingerprint density at radius 3 is 2.66 bits per heavy atom. The molecule has 158 valence electrons. The van der Waals surface area contributed by atoms with E-state index in [4.69, 9.17) is 4.74 Å². The first-order valence-electron chi connectivity index (χ1n) is 9.74. The predicted octanol–water partition coefficient (Wildman–Crippen LogP) is 2.02. The van der Waals surface area contributed by atoms with Gasteiger partial charge in [-0.05, 0) is 26.2 Å². The molecule has 0 bridgehead atoms. The molecule has 1 fully saturated rings. The number of rotatable bonds is 7. The molecule has 9 nitrogen and oxygen atoms in total. The molecule has 10 heteroatoms. The van der Waals surface area contributed by atoms with Crippen molar-refractivity contribution in [3.63, 3.8) is 0 Å². The van der Waals surface area contributed by atoms with Crippen LogP contribution in [0, 0.1) is 6.92 Å². The topological polar surface area (TPSA) is 120 Å². The third-order valence-electron chi connectivity index (χ3n) is 5.20. The number of nitrogens with one attached hydrogen (secondary N) is 2. The first-order valence-corrected chi connectivity index (χ1v) is 10.6. The summed E-state index contributed by atoms with van der Waals surface area (Å²) in [5.74, 6) is -0.871. The van der Waals surface area contributed by atoms with E-state index in [1.165, 1.54) is 11.3 Å². The zero-order chi connectivity index (χ0) is 21.1. The fraction of sp³-hybridized carbons (Fsp3) is 0.579. The number of methoxy groups -OCH3 is 1. The molecule has 1 aliphatic rings. The van der Waals surface area contributed by atoms with Crippen LogP contribution < -0.4 is 10.2 Å². The molecule has 2 aromatic rings. The fourth-order valence-electron chi connectivity index (χ4n) is 3.58. The number of aromatic carboxylic acids is 1. The van der Waals surface area contributed by atoms with Gasteiger partial charge in [0.25, 0.3) is 5.91 Å². The monoisotopic (exact) mass is 421 g/mol. The molecule has 0 spiro atoms. The molecule has 0 aliphatic carbocycles. The molecule has 3 heterocycles. The minimum Gasteiger partial charge on any atom is -0.477 e. The van der Waals surface area contributed by atoms with Gasteiger partial charge in [-0.25, -0.2) is 14.8 Å². The lowest BCUT2D eigenvalue weighted by molar-refractivity contribution is 0.0538. The quantitative estimate of drug-likeness (QED) is 0.625. The van der Waals surface area contributed by atoms with Crippen LogP contribution in [-0.2, 0) is 17.6 Å². The van der Waals surface area contributed by atoms with Crippen LogP contribution in [0.2, 0.25) is 0 Å². The van der Waals surface area contributed by atoms with Gasteiger partial charge >= 0.3 is 5.97 Å². The number of hydrogen-bond donors (Lipinski definition) is 3. The van der Waals surface area contributed by atoms with E-state index in [9.17, 15) is 14.7 Å². The van der Waals surface area contributed by atoms with E-state index in [-0.39, 0.29) is 22.9 Å². The normalized spacial score (nSPS) is 19.4. The van der Waals surface area contributed by atoms with Crippen LogP contribution >= 0.6 is 11.3 Å². The van der Waals surface area contributed by atoms with Gasteiger partial charge in [-0.15, -0.1) is 0 Å². The lowest BCUT2D eigenvalue weighted by Gasteiger charge is -2.37. The van der Waals surface area contributed by atoms with Crippen LogP contribution in [0.5, 0.6) is 0 Å². The summed E-state index contributed by atoms with van der Waals surface area (Å²) in [6, 6.07) is -0.163. The molecule has 2 atom stereocenters. The van der Waals surface area contributed by atoms with Gasteiger partial charge in [-0.1, -0.05) is 25.2 Å². The lowest BCUT2D eigenvalue weighted by Crippen LogP contribution is -2.55. The summed E-state index contributed by atoms with van der Waals surface area (Å²) < 4.78 is 5.62. The average Bonchev–Trinajstić information content (AvgIpc) is 3.31. The number of carboxylic acids is 1. The number of H-pyrrole nitrogens is 1. The van der Waals surface area contributed by atoms with Crippen molar-refractivity contribution in [3.8, 4) is 0 Å². The summed E-state index contributed by atoms with van der Waals surface area (Å²) in [5, 5.41) is 13.0. The number of carbonyl (C=O) groups is 2. The molecule has 2 aromatic heterocycles. The van der Waals surface area contributed by atoms with Gasteiger partial charge in [0.15, 0.2) is 11.0 Å². The van der Waals surface area contributed by atoms with Gasteiger partial charge in [0.05, 0.1) is 23.5 Å². The fourth-order valence-corrected chi connectivity index (χ4v) is 4.53. The van der Waals surface area contributed by atoms with Crippen LogP contribution in [0.15, 0.2) is 0 Å². The summed E-state index contributed by atoms with van der Waals surface area (Å²) in [6.45, 7) is 6.91. The second kappa shape index (κ2) is 8.91. The van der Waals surface area contributed by atoms with E-state index in [0.29, 0.717) is 36.2 Å². The second-order valence-corrected chi connectivity index (χ2v) is 8.00. The number of hydrogen-bond acceptors (Lipinski definition) is 7. The minimum absolute atomic E-state index is 0.163. The molecule has 0 radical (unpaired) electrons. The maximum absolute atomic E-state index is 12.7. The highest BCUT2D eigenvalue weighted by Gasteiger charge is 2.33. The molecule has 3 N–H and O–H groups in total. The van der Waals surface area contributed by atoms with E-state index in [2.05, 4.69) is 20.3 Å². The third-order valence-corrected chi connectivity index (χ3v) is 6.40. The maximum Gasteiger partial charge on any atom is 0.347 e. The Labute approximate surface area is 173 Å². The number of ether oxygens (including phenoxy) is 1. The second-order valence-electron chi connectivity index (χ2n) is 7.02. The number of carboxylic acid groups (broad SMARTS) is 1. The van der Waals surface area contributed by atoms with Crippen molar-refractivity contribution in [2.75, 3.05) is 25.1 Å². The number of amides is 1. The van der Waals surface area contributed by atoms with E-state index in [0.717, 1.165) is 24.2 Å². The summed E-state index contributed by atoms with van der Waals surface area (Å²) in [5.41, 5.74) is 2.42. The number of aromatic amines is 1. The highest BCUT2D eigenvalue weighted by atomic mass is 32.1. The number of aromatic nitrogens is 3. The number of piperidine rings is 1. The third kappa shape index (κ3) is 4.43. The van der Waals surface area contributed by atoms with E-state index >= 15 is 0 Å². The molecular formula is C19H27N5O4S. The Kier molecular flexibility index (Phi) is 6.53. The van der Waals surface area contributed by atoms with Gasteiger partial charge in [-0.3, -0.25) is 4.79 Å². The standard InChI is InChI=1S/C19H27N5O4S/c1-5-11-12(6-2)22-16(21-11)17(25)23-13-7-8-24(9-14(13)28-4)19-20-10(3)15(29-19)18(26)27/h13-14H,5-9H2,1-4H3,(H,21,22)(H,23,25)(H,26,27). The molecule has 29 heavy (non-hydrogen) atoms. The zero-order valence-corrected chi connectivity index (χ0v) is 17.9. The average molecular weight is 422 g/mol. The number of nitrogens with zero attached hydrogens (tertiary/aromatic N) is 3. The summed E-state index contributed by atoms with van der Waals surface area (Å²) in [6.07, 6.45) is 2.00. The minimum atomic E-state index is -0.965. The summed E-state index contributed by atoms with van der Waals surface area (Å²) >= 11 is 1.17. The number of anilines is 1. The van der Waals surface area contributed by atoms with Crippen molar-refractivity contribution >= 4 is 28.3 Å². The van der Waals surface area contributed by atoms with Gasteiger partial charge in [-0.2, -0.15) is 0 Å². The van der Waals surface area contributed by atoms with Crippen LogP contribution in [0.1, 0.15) is 57.6 Å². The first-order chi connectivity index (χ1) is 13.9. The van der Waals surface area contributed by atoms with Crippen LogP contribution in [0.25, 0.3) is 0 Å². The predicted molar refractivity (Wildman–Crippen MR) is 110 cm³/mol. The molecule has 1 aliphatic heterocycles. The van der Waals surface area contributed by atoms with Crippen molar-refractivity contribution in [2.45, 2.75) is 52.2 Å². The molecular weight excluding hydrogens is 394 g/mol. The van der Waals surface area contributed by atoms with Crippen LogP contribution in [-0.4, -0.2) is 64.3 Å². The molecule has 3 rings (SSSR count). The Balaban J connectivity index is 1.68. The number of imidazole rings is 1. The number of aryl methyl sites for hydroxylation is 3. The van der Waals surface area contributed by atoms with E-state index in [1.54, 1.807) is 14.0 Å². The Morgan fingerprint density at radius 2 is 2.10 bits per heavy atom. The van der Waals surface area contributed by atoms with Crippen molar-refractivity contribution in [1.29, 1.82) is 0 Å². The summed E-state index contributed by atoms with van der Waals surface area (Å²) in [4.78, 5) is 38.2. The van der Waals surface area contributed by atoms with Crippen molar-refractivity contribution in [1.82, 2.24) is 20.3 Å². The van der Waals surface area contributed by atoms with Crippen LogP contribution in [0.4, 0.5) is 5.13 Å². The Morgan fingerprint density at radius 1 is 1.34 bits per heavy atom. The Hall–Kier alpha value is -2.46. The van der Waals surface area contributed by atoms with Gasteiger partial charge < -0.3 is 25.0 Å². The lowest BCUT2D eigenvalue weighted by atomic mass is 10.0. The first kappa shape index (κ1) is 21.3. The van der Waals surface area contributed by atoms with Crippen molar-refractivity contribution in [2.24, 2.45) is 0 Å². The van der Waals surface area contributed by atoms with E-state index < -0.39 is 5.97 Å². The smallest absolute Gasteiger partial charge is 0.347 e. The Bertz CT molecular complexity index is 872. The maximum atomic E-state index is 12.7. The largest absolute Gasteiger partial charge is 0.477 e.